The van der Waals surface area contributed by atoms with Gasteiger partial charge in [-0.2, -0.15) is 0 Å². The summed E-state index contributed by atoms with van der Waals surface area (Å²) in [5.74, 6) is -2.71. The van der Waals surface area contributed by atoms with Gasteiger partial charge in [-0.1, -0.05) is 27.7 Å². The fourth-order valence-corrected chi connectivity index (χ4v) is 5.94. The van der Waals surface area contributed by atoms with Crippen molar-refractivity contribution in [1.29, 1.82) is 0 Å². The van der Waals surface area contributed by atoms with Gasteiger partial charge in [0.05, 0.1) is 14.9 Å². The second-order valence-electron chi connectivity index (χ2n) is 10.0. The van der Waals surface area contributed by atoms with Crippen LogP contribution in [0.4, 0.5) is 0 Å². The van der Waals surface area contributed by atoms with E-state index < -0.39 is 22.7 Å². The third kappa shape index (κ3) is 4.42. The normalized spacial score (nSPS) is 23.1. The number of rotatable bonds is 3. The van der Waals surface area contributed by atoms with Crippen molar-refractivity contribution in [2.24, 2.45) is 16.7 Å². The topological polar surface area (TPSA) is 91.7 Å². The summed E-state index contributed by atoms with van der Waals surface area (Å²) in [5, 5.41) is 21.0. The molecule has 1 unspecified atom stereocenters. The zero-order chi connectivity index (χ0) is 22.6. The van der Waals surface area contributed by atoms with Crippen LogP contribution in [0.2, 0.25) is 0 Å². The molecule has 2 aliphatic carbocycles. The van der Waals surface area contributed by atoms with Crippen LogP contribution in [-0.2, 0) is 14.4 Å². The maximum absolute atomic E-state index is 13.1. The van der Waals surface area contributed by atoms with Crippen LogP contribution in [0.3, 0.4) is 0 Å². The number of Topliss-reactive ketones (excluding diaryl/α,β-unsaturated/α-hetero) is 3. The highest BCUT2D eigenvalue weighted by molar-refractivity contribution is 9.11. The highest BCUT2D eigenvalue weighted by Crippen LogP contribution is 2.49. The van der Waals surface area contributed by atoms with Crippen LogP contribution < -0.4 is 0 Å². The number of hydrogen-bond donors (Lipinski definition) is 2. The molecule has 0 heterocycles. The van der Waals surface area contributed by atoms with E-state index in [0.717, 1.165) is 0 Å². The third-order valence-electron chi connectivity index (χ3n) is 5.94. The van der Waals surface area contributed by atoms with Crippen LogP contribution in [0.25, 0.3) is 0 Å². The average Bonchev–Trinajstić information content (AvgIpc) is 2.54. The number of halogens is 2. The molecule has 1 aromatic carbocycles. The molecule has 1 fully saturated rings. The minimum atomic E-state index is -1.04. The van der Waals surface area contributed by atoms with Gasteiger partial charge in [-0.15, -0.1) is 0 Å². The Kier molecular flexibility index (Phi) is 6.11. The lowest BCUT2D eigenvalue weighted by Crippen LogP contribution is -2.43. The number of phenols is 1. The predicted octanol–water partition coefficient (Wildman–Crippen LogP) is 5.78. The number of allylic oxidation sites excluding steroid dienone is 2. The van der Waals surface area contributed by atoms with Gasteiger partial charge in [-0.3, -0.25) is 14.4 Å². The number of aliphatic hydroxyl groups excluding tert-OH is 1. The van der Waals surface area contributed by atoms with Crippen molar-refractivity contribution < 1.29 is 24.6 Å². The molecule has 30 heavy (non-hydrogen) atoms. The van der Waals surface area contributed by atoms with E-state index >= 15 is 0 Å². The third-order valence-corrected chi connectivity index (χ3v) is 7.15. The minimum Gasteiger partial charge on any atom is -0.512 e. The summed E-state index contributed by atoms with van der Waals surface area (Å²) in [7, 11) is 0. The van der Waals surface area contributed by atoms with E-state index in [1.807, 2.05) is 27.7 Å². The second kappa shape index (κ2) is 7.90. The van der Waals surface area contributed by atoms with Crippen molar-refractivity contribution in [3.63, 3.8) is 0 Å². The summed E-state index contributed by atoms with van der Waals surface area (Å²) in [4.78, 5) is 39.4. The first-order chi connectivity index (χ1) is 13.7. The SMILES string of the molecule is CC1(C)CC(=O)C(C(C2=C(O)CC(C)(C)CC2=O)c2cc(Br)c(O)c(Br)c2)C(=O)C1. The average molecular weight is 542 g/mol. The molecule has 0 amide bonds. The zero-order valence-electron chi connectivity index (χ0n) is 17.5. The highest BCUT2D eigenvalue weighted by atomic mass is 79.9. The van der Waals surface area contributed by atoms with Gasteiger partial charge in [-0.05, 0) is 60.4 Å². The maximum Gasteiger partial charge on any atom is 0.163 e. The predicted molar refractivity (Wildman–Crippen MR) is 120 cm³/mol. The fourth-order valence-electron chi connectivity index (χ4n) is 4.72. The Labute approximate surface area is 193 Å². The smallest absolute Gasteiger partial charge is 0.163 e. The first-order valence-electron chi connectivity index (χ1n) is 9.91. The zero-order valence-corrected chi connectivity index (χ0v) is 20.7. The molecule has 0 aromatic heterocycles. The summed E-state index contributed by atoms with van der Waals surface area (Å²) >= 11 is 6.59. The number of aliphatic hydroxyl groups is 1. The summed E-state index contributed by atoms with van der Waals surface area (Å²) < 4.78 is 0.744. The molecule has 2 aliphatic rings. The van der Waals surface area contributed by atoms with Gasteiger partial charge in [0.2, 0.25) is 0 Å². The molecule has 0 radical (unpaired) electrons. The molecule has 0 saturated heterocycles. The molecule has 162 valence electrons. The maximum atomic E-state index is 13.1. The Bertz CT molecular complexity index is 931. The van der Waals surface area contributed by atoms with Gasteiger partial charge in [0.15, 0.2) is 5.78 Å². The Morgan fingerprint density at radius 1 is 0.867 bits per heavy atom. The number of hydrogen-bond acceptors (Lipinski definition) is 5. The summed E-state index contributed by atoms with van der Waals surface area (Å²) in [6.45, 7) is 7.57. The monoisotopic (exact) mass is 540 g/mol. The number of benzene rings is 1. The largest absolute Gasteiger partial charge is 0.512 e. The van der Waals surface area contributed by atoms with Crippen LogP contribution in [0.1, 0.15) is 64.9 Å². The Morgan fingerprint density at radius 3 is 1.80 bits per heavy atom. The van der Waals surface area contributed by atoms with Crippen molar-refractivity contribution in [3.8, 4) is 5.75 Å². The summed E-state index contributed by atoms with van der Waals surface area (Å²) in [6, 6.07) is 3.22. The molecule has 0 bridgehead atoms. The molecule has 1 saturated carbocycles. The lowest BCUT2D eigenvalue weighted by Gasteiger charge is -2.39. The number of carbonyl (C=O) groups excluding carboxylic acids is 3. The lowest BCUT2D eigenvalue weighted by molar-refractivity contribution is -0.140. The molecular weight excluding hydrogens is 516 g/mol. The van der Waals surface area contributed by atoms with Crippen molar-refractivity contribution in [2.75, 3.05) is 0 Å². The van der Waals surface area contributed by atoms with E-state index in [2.05, 4.69) is 31.9 Å². The van der Waals surface area contributed by atoms with Crippen molar-refractivity contribution in [2.45, 2.75) is 59.3 Å². The highest BCUT2D eigenvalue weighted by Gasteiger charge is 2.48. The lowest BCUT2D eigenvalue weighted by atomic mass is 9.62. The van der Waals surface area contributed by atoms with Crippen LogP contribution in [0.15, 0.2) is 32.4 Å². The number of ketones is 3. The number of aromatic hydroxyl groups is 1. The van der Waals surface area contributed by atoms with Crippen LogP contribution >= 0.6 is 31.9 Å². The molecule has 1 atom stereocenters. The number of carbonyl (C=O) groups is 3. The van der Waals surface area contributed by atoms with Gasteiger partial charge in [0.1, 0.15) is 23.1 Å². The second-order valence-corrected chi connectivity index (χ2v) is 11.7. The summed E-state index contributed by atoms with van der Waals surface area (Å²) in [6.07, 6.45) is 0.984. The quantitative estimate of drug-likeness (QED) is 0.473. The molecule has 0 aliphatic heterocycles. The van der Waals surface area contributed by atoms with Gasteiger partial charge < -0.3 is 10.2 Å². The molecule has 0 spiro atoms. The molecule has 1 aromatic rings. The van der Waals surface area contributed by atoms with Crippen LogP contribution in [-0.4, -0.2) is 27.6 Å². The standard InChI is InChI=1S/C23H26Br2O5/c1-22(2)7-14(26)19(15(27)8-22)18(11-5-12(24)21(30)13(25)6-11)20-16(28)9-23(3,4)10-17(20)29/h5-6,18-19,28,30H,7-10H2,1-4H3. The first kappa shape index (κ1) is 23.2. The minimum absolute atomic E-state index is 0.0192. The van der Waals surface area contributed by atoms with E-state index in [9.17, 15) is 24.6 Å². The van der Waals surface area contributed by atoms with E-state index in [1.54, 1.807) is 12.1 Å². The molecule has 2 N–H and O–H groups in total. The summed E-state index contributed by atoms with van der Waals surface area (Å²) in [5.41, 5.74) is -0.161. The van der Waals surface area contributed by atoms with Gasteiger partial charge in [0.25, 0.3) is 0 Å². The van der Waals surface area contributed by atoms with Crippen LogP contribution in [0, 0.1) is 16.7 Å². The van der Waals surface area contributed by atoms with E-state index in [0.29, 0.717) is 20.9 Å². The van der Waals surface area contributed by atoms with Crippen molar-refractivity contribution in [1.82, 2.24) is 0 Å². The Morgan fingerprint density at radius 2 is 1.33 bits per heavy atom. The Balaban J connectivity index is 2.22. The van der Waals surface area contributed by atoms with E-state index in [-0.39, 0.29) is 53.7 Å². The van der Waals surface area contributed by atoms with Crippen LogP contribution in [0.5, 0.6) is 5.75 Å². The van der Waals surface area contributed by atoms with E-state index in [4.69, 9.17) is 0 Å². The van der Waals surface area contributed by atoms with Crippen molar-refractivity contribution in [3.05, 3.63) is 38.0 Å². The Hall–Kier alpha value is -1.47. The van der Waals surface area contributed by atoms with Crippen molar-refractivity contribution >= 4 is 49.2 Å². The molecular formula is C23H26Br2O5. The fraction of sp³-hybridized carbons (Fsp3) is 0.522. The molecule has 5 nitrogen and oxygen atoms in total. The molecule has 3 rings (SSSR count). The van der Waals surface area contributed by atoms with Gasteiger partial charge in [0, 0.05) is 37.2 Å². The van der Waals surface area contributed by atoms with Gasteiger partial charge in [-0.25, -0.2) is 0 Å². The first-order valence-corrected chi connectivity index (χ1v) is 11.5. The molecule has 7 heteroatoms. The van der Waals surface area contributed by atoms with E-state index in [1.165, 1.54) is 0 Å². The number of phenolic OH excluding ortho intramolecular Hbond substituents is 1. The van der Waals surface area contributed by atoms with Gasteiger partial charge >= 0.3 is 0 Å².